The number of nitrogens with one attached hydrogen (secondary N) is 2. The van der Waals surface area contributed by atoms with Crippen LogP contribution < -0.4 is 15.5 Å². The third kappa shape index (κ3) is 5.55. The molecule has 0 saturated heterocycles. The van der Waals surface area contributed by atoms with Gasteiger partial charge < -0.3 is 14.8 Å². The predicted molar refractivity (Wildman–Crippen MR) is 100 cm³/mol. The monoisotopic (exact) mass is 389 g/mol. The Morgan fingerprint density at radius 3 is 2.37 bits per heavy atom. The second-order valence-electron chi connectivity index (χ2n) is 5.11. The van der Waals surface area contributed by atoms with Crippen LogP contribution in [0.25, 0.3) is 0 Å². The summed E-state index contributed by atoms with van der Waals surface area (Å²) in [5.74, 6) is -2.01. The summed E-state index contributed by atoms with van der Waals surface area (Å²) in [7, 11) is 2.71. The van der Waals surface area contributed by atoms with E-state index in [1.165, 1.54) is 26.5 Å². The van der Waals surface area contributed by atoms with E-state index in [-0.39, 0.29) is 5.69 Å². The molecule has 0 aliphatic heterocycles. The van der Waals surface area contributed by atoms with Crippen molar-refractivity contribution >= 4 is 41.3 Å². The number of nitrogens with zero attached hydrogens (tertiary/aromatic N) is 1. The average molecular weight is 390 g/mol. The number of hydrazone groups is 1. The van der Waals surface area contributed by atoms with Crippen LogP contribution in [-0.4, -0.2) is 38.2 Å². The fourth-order valence-electron chi connectivity index (χ4n) is 2.00. The molecular weight excluding hydrogens is 374 g/mol. The molecule has 2 aromatic rings. The number of amides is 2. The zero-order chi connectivity index (χ0) is 19.8. The highest BCUT2D eigenvalue weighted by Gasteiger charge is 2.15. The molecular formula is C18H16ClN3O5. The zero-order valence-corrected chi connectivity index (χ0v) is 15.2. The van der Waals surface area contributed by atoms with E-state index < -0.39 is 17.8 Å². The average Bonchev–Trinajstić information content (AvgIpc) is 2.68. The number of halogens is 1. The second-order valence-corrected chi connectivity index (χ2v) is 5.55. The summed E-state index contributed by atoms with van der Waals surface area (Å²) in [4.78, 5) is 35.1. The topological polar surface area (TPSA) is 106 Å². The van der Waals surface area contributed by atoms with E-state index in [9.17, 15) is 14.4 Å². The Bertz CT molecular complexity index is 881. The number of methoxy groups -OCH3 is 2. The van der Waals surface area contributed by atoms with E-state index in [0.717, 1.165) is 0 Å². The van der Waals surface area contributed by atoms with Gasteiger partial charge in [-0.05, 0) is 35.9 Å². The van der Waals surface area contributed by atoms with Crippen LogP contribution in [0.5, 0.6) is 5.75 Å². The van der Waals surface area contributed by atoms with Crippen molar-refractivity contribution in [3.05, 3.63) is 58.6 Å². The van der Waals surface area contributed by atoms with Crippen LogP contribution in [0.1, 0.15) is 15.9 Å². The van der Waals surface area contributed by atoms with Gasteiger partial charge in [0.25, 0.3) is 0 Å². The van der Waals surface area contributed by atoms with Gasteiger partial charge in [0.2, 0.25) is 0 Å². The highest BCUT2D eigenvalue weighted by atomic mass is 35.5. The van der Waals surface area contributed by atoms with E-state index >= 15 is 0 Å². The smallest absolute Gasteiger partial charge is 0.337 e. The number of hydrogen-bond donors (Lipinski definition) is 2. The van der Waals surface area contributed by atoms with Crippen molar-refractivity contribution in [2.45, 2.75) is 0 Å². The van der Waals surface area contributed by atoms with Crippen LogP contribution in [0.4, 0.5) is 5.69 Å². The SMILES string of the molecule is COC(=O)c1ccc(/C=N/NC(=O)C(=O)Nc2cc(Cl)ccc2OC)cc1. The van der Waals surface area contributed by atoms with Crippen molar-refractivity contribution in [3.8, 4) is 5.75 Å². The van der Waals surface area contributed by atoms with Crippen molar-refractivity contribution in [1.29, 1.82) is 0 Å². The quantitative estimate of drug-likeness (QED) is 0.353. The molecule has 0 aromatic heterocycles. The van der Waals surface area contributed by atoms with Gasteiger partial charge in [-0.2, -0.15) is 5.10 Å². The van der Waals surface area contributed by atoms with E-state index in [0.29, 0.717) is 21.9 Å². The number of ether oxygens (including phenoxy) is 2. The summed E-state index contributed by atoms with van der Waals surface area (Å²) in [6.45, 7) is 0. The van der Waals surface area contributed by atoms with Gasteiger partial charge >= 0.3 is 17.8 Å². The molecule has 9 heteroatoms. The minimum absolute atomic E-state index is 0.257. The molecule has 27 heavy (non-hydrogen) atoms. The minimum Gasteiger partial charge on any atom is -0.495 e. The third-order valence-electron chi connectivity index (χ3n) is 3.33. The van der Waals surface area contributed by atoms with Gasteiger partial charge in [0.05, 0.1) is 31.7 Å². The van der Waals surface area contributed by atoms with Crippen LogP contribution >= 0.6 is 11.6 Å². The normalized spacial score (nSPS) is 10.3. The van der Waals surface area contributed by atoms with Gasteiger partial charge in [0.1, 0.15) is 5.75 Å². The summed E-state index contributed by atoms with van der Waals surface area (Å²) in [6.07, 6.45) is 1.33. The number of anilines is 1. The van der Waals surface area contributed by atoms with E-state index in [4.69, 9.17) is 16.3 Å². The molecule has 0 spiro atoms. The van der Waals surface area contributed by atoms with Gasteiger partial charge in [0, 0.05) is 5.02 Å². The summed E-state index contributed by atoms with van der Waals surface area (Å²) < 4.78 is 9.68. The van der Waals surface area contributed by atoms with Gasteiger partial charge in [-0.1, -0.05) is 23.7 Å². The largest absolute Gasteiger partial charge is 0.495 e. The molecule has 8 nitrogen and oxygen atoms in total. The van der Waals surface area contributed by atoms with Crippen LogP contribution in [0.3, 0.4) is 0 Å². The second kappa shape index (κ2) is 9.35. The number of carbonyl (C=O) groups excluding carboxylic acids is 3. The fourth-order valence-corrected chi connectivity index (χ4v) is 2.17. The maximum absolute atomic E-state index is 11.9. The first-order chi connectivity index (χ1) is 12.9. The number of hydrogen-bond acceptors (Lipinski definition) is 6. The van der Waals surface area contributed by atoms with Crippen molar-refractivity contribution in [2.24, 2.45) is 5.10 Å². The summed E-state index contributed by atoms with van der Waals surface area (Å²) >= 11 is 5.87. The Morgan fingerprint density at radius 1 is 1.04 bits per heavy atom. The van der Waals surface area contributed by atoms with E-state index in [1.807, 2.05) is 0 Å². The summed E-state index contributed by atoms with van der Waals surface area (Å²) in [5.41, 5.74) is 3.36. The van der Waals surface area contributed by atoms with E-state index in [2.05, 4.69) is 20.6 Å². The maximum atomic E-state index is 11.9. The molecule has 140 valence electrons. The highest BCUT2D eigenvalue weighted by Crippen LogP contribution is 2.27. The molecule has 0 aliphatic carbocycles. The zero-order valence-electron chi connectivity index (χ0n) is 14.5. The van der Waals surface area contributed by atoms with Gasteiger partial charge in [-0.15, -0.1) is 0 Å². The molecule has 0 heterocycles. The summed E-state index contributed by atoms with van der Waals surface area (Å²) in [5, 5.41) is 6.47. The Kier molecular flexibility index (Phi) is 6.90. The molecule has 0 atom stereocenters. The third-order valence-corrected chi connectivity index (χ3v) is 3.56. The lowest BCUT2D eigenvalue weighted by Crippen LogP contribution is -2.32. The standard InChI is InChI=1S/C18H16ClN3O5/c1-26-15-8-7-13(19)9-14(15)21-16(23)17(24)22-20-10-11-3-5-12(6-4-11)18(25)27-2/h3-10H,1-2H3,(H,21,23)(H,22,24)/b20-10+. The molecule has 0 saturated carbocycles. The lowest BCUT2D eigenvalue weighted by atomic mass is 10.1. The van der Waals surface area contributed by atoms with Crippen molar-refractivity contribution in [1.82, 2.24) is 5.43 Å². The molecule has 0 fully saturated rings. The lowest BCUT2D eigenvalue weighted by Gasteiger charge is -2.09. The first-order valence-electron chi connectivity index (χ1n) is 7.61. The molecule has 2 amide bonds. The van der Waals surface area contributed by atoms with Gasteiger partial charge in [-0.3, -0.25) is 9.59 Å². The first kappa shape index (κ1) is 19.9. The molecule has 2 N–H and O–H groups in total. The van der Waals surface area contributed by atoms with Crippen molar-refractivity contribution < 1.29 is 23.9 Å². The Morgan fingerprint density at radius 2 is 1.74 bits per heavy atom. The predicted octanol–water partition coefficient (Wildman–Crippen LogP) is 2.22. The lowest BCUT2D eigenvalue weighted by molar-refractivity contribution is -0.136. The van der Waals surface area contributed by atoms with Crippen LogP contribution in [0.2, 0.25) is 5.02 Å². The Balaban J connectivity index is 1.95. The van der Waals surface area contributed by atoms with Gasteiger partial charge in [0.15, 0.2) is 0 Å². The van der Waals surface area contributed by atoms with Crippen LogP contribution in [-0.2, 0) is 14.3 Å². The number of rotatable bonds is 5. The molecule has 0 unspecified atom stereocenters. The molecule has 2 aromatic carbocycles. The van der Waals surface area contributed by atoms with Crippen molar-refractivity contribution in [2.75, 3.05) is 19.5 Å². The molecule has 0 bridgehead atoms. The Hall–Kier alpha value is -3.39. The minimum atomic E-state index is -0.973. The van der Waals surface area contributed by atoms with Crippen LogP contribution in [0.15, 0.2) is 47.6 Å². The first-order valence-corrected chi connectivity index (χ1v) is 7.98. The van der Waals surface area contributed by atoms with Crippen molar-refractivity contribution in [3.63, 3.8) is 0 Å². The molecule has 0 aliphatic rings. The number of esters is 1. The van der Waals surface area contributed by atoms with Gasteiger partial charge in [-0.25, -0.2) is 10.2 Å². The molecule has 2 rings (SSSR count). The maximum Gasteiger partial charge on any atom is 0.337 e. The number of carbonyl (C=O) groups is 3. The fraction of sp³-hybridized carbons (Fsp3) is 0.111. The van der Waals surface area contributed by atoms with E-state index in [1.54, 1.807) is 36.4 Å². The number of benzene rings is 2. The van der Waals surface area contributed by atoms with Crippen LogP contribution in [0, 0.1) is 0 Å². The highest BCUT2D eigenvalue weighted by molar-refractivity contribution is 6.40. The molecule has 0 radical (unpaired) electrons. The summed E-state index contributed by atoms with van der Waals surface area (Å²) in [6, 6.07) is 10.9. The Labute approximate surface area is 160 Å².